The minimum atomic E-state index is 0.705. The van der Waals surface area contributed by atoms with Crippen LogP contribution >= 0.6 is 11.3 Å². The van der Waals surface area contributed by atoms with E-state index in [0.29, 0.717) is 5.92 Å². The third kappa shape index (κ3) is 4.69. The van der Waals surface area contributed by atoms with E-state index in [-0.39, 0.29) is 0 Å². The van der Waals surface area contributed by atoms with Crippen LogP contribution < -0.4 is 5.32 Å². The van der Waals surface area contributed by atoms with E-state index in [1.165, 1.54) is 36.1 Å². The molecule has 0 bridgehead atoms. The molecule has 0 amide bonds. The molecule has 1 saturated carbocycles. The fraction of sp³-hybridized carbons (Fsp3) is 0.474. The maximum absolute atomic E-state index is 3.72. The standard InChI is InChI=1S/C19H25NS/c1-2-18-10-11-19(21-18)13-16(14-20-17-8-9-17)12-15-6-4-3-5-7-15/h3-7,10-11,16-17,20H,2,8-9,12-14H2,1H3. The zero-order valence-corrected chi connectivity index (χ0v) is 13.7. The highest BCUT2D eigenvalue weighted by molar-refractivity contribution is 7.11. The third-order valence-electron chi connectivity index (χ3n) is 4.20. The van der Waals surface area contributed by atoms with Crippen molar-refractivity contribution in [1.29, 1.82) is 0 Å². The van der Waals surface area contributed by atoms with Crippen molar-refractivity contribution in [3.05, 3.63) is 57.8 Å². The quantitative estimate of drug-likeness (QED) is 0.758. The number of hydrogen-bond acceptors (Lipinski definition) is 2. The highest BCUT2D eigenvalue weighted by atomic mass is 32.1. The van der Waals surface area contributed by atoms with Gasteiger partial charge >= 0.3 is 0 Å². The molecule has 1 aliphatic carbocycles. The minimum absolute atomic E-state index is 0.705. The summed E-state index contributed by atoms with van der Waals surface area (Å²) in [5.74, 6) is 0.705. The first-order valence-electron chi connectivity index (χ1n) is 8.18. The molecule has 2 aromatic rings. The maximum Gasteiger partial charge on any atom is 0.00683 e. The molecule has 1 fully saturated rings. The monoisotopic (exact) mass is 299 g/mol. The number of aryl methyl sites for hydroxylation is 1. The van der Waals surface area contributed by atoms with Gasteiger partial charge in [0.1, 0.15) is 0 Å². The van der Waals surface area contributed by atoms with E-state index in [9.17, 15) is 0 Å². The van der Waals surface area contributed by atoms with Gasteiger partial charge in [0, 0.05) is 15.8 Å². The van der Waals surface area contributed by atoms with Crippen molar-refractivity contribution in [2.45, 2.75) is 45.1 Å². The Balaban J connectivity index is 1.62. The lowest BCUT2D eigenvalue weighted by Crippen LogP contribution is -2.27. The summed E-state index contributed by atoms with van der Waals surface area (Å²) in [6.07, 6.45) is 6.29. The molecule has 1 atom stereocenters. The fourth-order valence-corrected chi connectivity index (χ4v) is 3.86. The SMILES string of the molecule is CCc1ccc(CC(CNC2CC2)Cc2ccccc2)s1. The molecule has 112 valence electrons. The van der Waals surface area contributed by atoms with Crippen LogP contribution in [-0.4, -0.2) is 12.6 Å². The normalized spacial score (nSPS) is 16.0. The van der Waals surface area contributed by atoms with E-state index >= 15 is 0 Å². The van der Waals surface area contributed by atoms with Crippen LogP contribution in [0.15, 0.2) is 42.5 Å². The van der Waals surface area contributed by atoms with Crippen LogP contribution in [0.4, 0.5) is 0 Å². The second-order valence-corrected chi connectivity index (χ2v) is 7.42. The Morgan fingerprint density at radius 2 is 1.81 bits per heavy atom. The summed E-state index contributed by atoms with van der Waals surface area (Å²) >= 11 is 1.99. The first-order valence-corrected chi connectivity index (χ1v) is 9.00. The molecule has 0 spiro atoms. The zero-order valence-electron chi connectivity index (χ0n) is 12.8. The van der Waals surface area contributed by atoms with Gasteiger partial charge in [-0.3, -0.25) is 0 Å². The van der Waals surface area contributed by atoms with E-state index in [0.717, 1.165) is 19.0 Å². The second kappa shape index (κ2) is 7.24. The summed E-state index contributed by atoms with van der Waals surface area (Å²) < 4.78 is 0. The molecule has 1 aliphatic rings. The molecule has 2 heteroatoms. The van der Waals surface area contributed by atoms with Gasteiger partial charge in [-0.25, -0.2) is 0 Å². The Morgan fingerprint density at radius 1 is 1.05 bits per heavy atom. The topological polar surface area (TPSA) is 12.0 Å². The molecule has 1 unspecified atom stereocenters. The lowest BCUT2D eigenvalue weighted by atomic mass is 9.95. The average molecular weight is 299 g/mol. The van der Waals surface area contributed by atoms with Gasteiger partial charge in [0.2, 0.25) is 0 Å². The zero-order chi connectivity index (χ0) is 14.5. The molecule has 3 rings (SSSR count). The van der Waals surface area contributed by atoms with Crippen molar-refractivity contribution >= 4 is 11.3 Å². The Morgan fingerprint density at radius 3 is 2.48 bits per heavy atom. The number of hydrogen-bond donors (Lipinski definition) is 1. The predicted molar refractivity (Wildman–Crippen MR) is 92.1 cm³/mol. The Labute approximate surface area is 132 Å². The Kier molecular flexibility index (Phi) is 5.10. The molecule has 1 aromatic heterocycles. The van der Waals surface area contributed by atoms with Crippen molar-refractivity contribution in [3.8, 4) is 0 Å². The van der Waals surface area contributed by atoms with Gasteiger partial charge in [0.05, 0.1) is 0 Å². The minimum Gasteiger partial charge on any atom is -0.314 e. The van der Waals surface area contributed by atoms with Gasteiger partial charge in [-0.1, -0.05) is 37.3 Å². The van der Waals surface area contributed by atoms with Crippen molar-refractivity contribution in [3.63, 3.8) is 0 Å². The van der Waals surface area contributed by atoms with E-state index in [1.54, 1.807) is 4.88 Å². The first-order chi connectivity index (χ1) is 10.3. The van der Waals surface area contributed by atoms with Crippen molar-refractivity contribution in [1.82, 2.24) is 5.32 Å². The fourth-order valence-electron chi connectivity index (χ4n) is 2.79. The largest absolute Gasteiger partial charge is 0.314 e. The molecule has 1 N–H and O–H groups in total. The predicted octanol–water partition coefficient (Wildman–Crippen LogP) is 4.46. The van der Waals surface area contributed by atoms with Crippen molar-refractivity contribution in [2.24, 2.45) is 5.92 Å². The molecule has 0 saturated heterocycles. The van der Waals surface area contributed by atoms with E-state index in [1.807, 2.05) is 11.3 Å². The lowest BCUT2D eigenvalue weighted by Gasteiger charge is -2.17. The van der Waals surface area contributed by atoms with Crippen LogP contribution in [0, 0.1) is 5.92 Å². The van der Waals surface area contributed by atoms with Gasteiger partial charge in [-0.05, 0) is 62.3 Å². The maximum atomic E-state index is 3.72. The number of benzene rings is 1. The summed E-state index contributed by atoms with van der Waals surface area (Å²) in [6.45, 7) is 3.39. The summed E-state index contributed by atoms with van der Waals surface area (Å²) in [5.41, 5.74) is 1.47. The van der Waals surface area contributed by atoms with Gasteiger partial charge in [-0.15, -0.1) is 11.3 Å². The molecule has 1 aromatic carbocycles. The van der Waals surface area contributed by atoms with E-state index in [4.69, 9.17) is 0 Å². The molecular formula is C19H25NS. The lowest BCUT2D eigenvalue weighted by molar-refractivity contribution is 0.471. The van der Waals surface area contributed by atoms with Crippen LogP contribution in [0.5, 0.6) is 0 Å². The summed E-state index contributed by atoms with van der Waals surface area (Å²) in [6, 6.07) is 16.4. The van der Waals surface area contributed by atoms with Crippen molar-refractivity contribution in [2.75, 3.05) is 6.54 Å². The number of nitrogens with one attached hydrogen (secondary N) is 1. The third-order valence-corrected chi connectivity index (χ3v) is 5.45. The second-order valence-electron chi connectivity index (χ2n) is 6.16. The molecular weight excluding hydrogens is 274 g/mol. The Bertz CT molecular complexity index is 542. The molecule has 1 heterocycles. The van der Waals surface area contributed by atoms with Gasteiger partial charge < -0.3 is 5.32 Å². The molecule has 0 aliphatic heterocycles. The summed E-state index contributed by atoms with van der Waals surface area (Å²) in [7, 11) is 0. The van der Waals surface area contributed by atoms with Gasteiger partial charge in [-0.2, -0.15) is 0 Å². The van der Waals surface area contributed by atoms with Crippen LogP contribution in [0.3, 0.4) is 0 Å². The van der Waals surface area contributed by atoms with Crippen molar-refractivity contribution < 1.29 is 0 Å². The number of rotatable bonds is 8. The van der Waals surface area contributed by atoms with Gasteiger partial charge in [0.15, 0.2) is 0 Å². The highest BCUT2D eigenvalue weighted by Crippen LogP contribution is 2.24. The number of thiophene rings is 1. The van der Waals surface area contributed by atoms with Crippen LogP contribution in [0.1, 0.15) is 35.1 Å². The highest BCUT2D eigenvalue weighted by Gasteiger charge is 2.22. The average Bonchev–Trinajstić information content (AvgIpc) is 3.24. The summed E-state index contributed by atoms with van der Waals surface area (Å²) in [4.78, 5) is 3.06. The van der Waals surface area contributed by atoms with Crippen LogP contribution in [0.2, 0.25) is 0 Å². The first kappa shape index (κ1) is 14.8. The van der Waals surface area contributed by atoms with Crippen LogP contribution in [0.25, 0.3) is 0 Å². The Hall–Kier alpha value is -1.12. The van der Waals surface area contributed by atoms with Crippen LogP contribution in [-0.2, 0) is 19.3 Å². The van der Waals surface area contributed by atoms with E-state index < -0.39 is 0 Å². The molecule has 0 radical (unpaired) electrons. The smallest absolute Gasteiger partial charge is 0.00683 e. The molecule has 1 nitrogen and oxygen atoms in total. The van der Waals surface area contributed by atoms with Gasteiger partial charge in [0.25, 0.3) is 0 Å². The summed E-state index contributed by atoms with van der Waals surface area (Å²) in [5, 5.41) is 3.72. The molecule has 21 heavy (non-hydrogen) atoms. The van der Waals surface area contributed by atoms with E-state index in [2.05, 4.69) is 54.7 Å².